The number of carbonyl (C=O) groups excluding carboxylic acids is 1. The van der Waals surface area contributed by atoms with Gasteiger partial charge in [-0.2, -0.15) is 5.10 Å². The highest BCUT2D eigenvalue weighted by Crippen LogP contribution is 2.23. The van der Waals surface area contributed by atoms with Gasteiger partial charge < -0.3 is 10.1 Å². The van der Waals surface area contributed by atoms with Crippen LogP contribution in [0.25, 0.3) is 5.65 Å². The highest BCUT2D eigenvalue weighted by Gasteiger charge is 2.18. The van der Waals surface area contributed by atoms with E-state index in [4.69, 9.17) is 16.3 Å². The SMILES string of the molecule is COCCNC(=O)c1cnn2c(C)c(Cc3ccccc3Cl)c(C)nc12. The smallest absolute Gasteiger partial charge is 0.256 e. The Kier molecular flexibility index (Phi) is 5.54. The third kappa shape index (κ3) is 3.57. The molecule has 0 bridgehead atoms. The molecule has 0 saturated heterocycles. The molecule has 1 amide bonds. The van der Waals surface area contributed by atoms with E-state index in [2.05, 4.69) is 15.4 Å². The van der Waals surface area contributed by atoms with Gasteiger partial charge in [0.1, 0.15) is 5.56 Å². The second-order valence-corrected chi connectivity index (χ2v) is 6.48. The first-order valence-electron chi connectivity index (χ1n) is 8.37. The minimum absolute atomic E-state index is 0.206. The number of rotatable bonds is 6. The van der Waals surface area contributed by atoms with E-state index in [0.717, 1.165) is 27.5 Å². The predicted molar refractivity (Wildman–Crippen MR) is 101 cm³/mol. The molecule has 136 valence electrons. The first-order chi connectivity index (χ1) is 12.5. The summed E-state index contributed by atoms with van der Waals surface area (Å²) in [4.78, 5) is 17.0. The van der Waals surface area contributed by atoms with Gasteiger partial charge in [-0.05, 0) is 31.0 Å². The number of ether oxygens (including phenoxy) is 1. The molecule has 0 atom stereocenters. The maximum absolute atomic E-state index is 12.4. The van der Waals surface area contributed by atoms with Crippen molar-refractivity contribution in [1.29, 1.82) is 0 Å². The quantitative estimate of drug-likeness (QED) is 0.675. The number of hydrogen-bond donors (Lipinski definition) is 1. The van der Waals surface area contributed by atoms with Crippen molar-refractivity contribution in [3.63, 3.8) is 0 Å². The van der Waals surface area contributed by atoms with Gasteiger partial charge >= 0.3 is 0 Å². The number of nitrogens with one attached hydrogen (secondary N) is 1. The Labute approximate surface area is 157 Å². The zero-order valence-corrected chi connectivity index (χ0v) is 15.8. The van der Waals surface area contributed by atoms with Gasteiger partial charge in [-0.15, -0.1) is 0 Å². The first kappa shape index (κ1) is 18.4. The lowest BCUT2D eigenvalue weighted by atomic mass is 10.0. The minimum Gasteiger partial charge on any atom is -0.383 e. The third-order valence-corrected chi connectivity index (χ3v) is 4.74. The van der Waals surface area contributed by atoms with Crippen molar-refractivity contribution in [2.75, 3.05) is 20.3 Å². The molecule has 26 heavy (non-hydrogen) atoms. The number of aromatic nitrogens is 3. The van der Waals surface area contributed by atoms with Crippen molar-refractivity contribution < 1.29 is 9.53 Å². The van der Waals surface area contributed by atoms with Gasteiger partial charge in [0.05, 0.1) is 12.8 Å². The topological polar surface area (TPSA) is 68.5 Å². The van der Waals surface area contributed by atoms with Crippen molar-refractivity contribution in [3.05, 3.63) is 63.6 Å². The summed E-state index contributed by atoms with van der Waals surface area (Å²) in [7, 11) is 1.59. The highest BCUT2D eigenvalue weighted by molar-refractivity contribution is 6.31. The third-order valence-electron chi connectivity index (χ3n) is 4.37. The highest BCUT2D eigenvalue weighted by atomic mass is 35.5. The zero-order valence-electron chi connectivity index (χ0n) is 15.0. The van der Waals surface area contributed by atoms with Crippen LogP contribution in [-0.4, -0.2) is 40.8 Å². The number of methoxy groups -OCH3 is 1. The van der Waals surface area contributed by atoms with Crippen LogP contribution in [0, 0.1) is 13.8 Å². The van der Waals surface area contributed by atoms with Crippen molar-refractivity contribution in [2.45, 2.75) is 20.3 Å². The molecule has 2 aromatic heterocycles. The predicted octanol–water partition coefficient (Wildman–Crippen LogP) is 2.97. The van der Waals surface area contributed by atoms with Gasteiger partial charge in [0.2, 0.25) is 0 Å². The zero-order chi connectivity index (χ0) is 18.7. The lowest BCUT2D eigenvalue weighted by Crippen LogP contribution is -2.27. The minimum atomic E-state index is -0.206. The van der Waals surface area contributed by atoms with Gasteiger partial charge in [0.25, 0.3) is 5.91 Å². The van der Waals surface area contributed by atoms with Crippen molar-refractivity contribution in [1.82, 2.24) is 19.9 Å². The Morgan fingerprint density at radius 3 is 2.81 bits per heavy atom. The van der Waals surface area contributed by atoms with Crippen LogP contribution < -0.4 is 5.32 Å². The summed E-state index contributed by atoms with van der Waals surface area (Å²) in [5.41, 5.74) is 4.91. The number of amides is 1. The van der Waals surface area contributed by atoms with E-state index in [-0.39, 0.29) is 5.91 Å². The monoisotopic (exact) mass is 372 g/mol. The van der Waals surface area contributed by atoms with Crippen molar-refractivity contribution in [3.8, 4) is 0 Å². The molecule has 6 nitrogen and oxygen atoms in total. The number of benzene rings is 1. The summed E-state index contributed by atoms with van der Waals surface area (Å²) in [5.74, 6) is -0.206. The molecule has 1 N–H and O–H groups in total. The van der Waals surface area contributed by atoms with Gasteiger partial charge in [-0.1, -0.05) is 29.8 Å². The van der Waals surface area contributed by atoms with Crippen LogP contribution in [-0.2, 0) is 11.2 Å². The Hall–Kier alpha value is -2.44. The van der Waals surface area contributed by atoms with E-state index < -0.39 is 0 Å². The average molecular weight is 373 g/mol. The second-order valence-electron chi connectivity index (χ2n) is 6.07. The molecule has 0 aliphatic rings. The van der Waals surface area contributed by atoms with Crippen LogP contribution in [0.1, 0.15) is 32.9 Å². The number of halogens is 1. The fourth-order valence-corrected chi connectivity index (χ4v) is 3.12. The number of nitrogens with zero attached hydrogens (tertiary/aromatic N) is 3. The van der Waals surface area contributed by atoms with Crippen LogP contribution >= 0.6 is 11.6 Å². The van der Waals surface area contributed by atoms with E-state index in [1.165, 1.54) is 0 Å². The summed E-state index contributed by atoms with van der Waals surface area (Å²) in [5, 5.41) is 7.89. The Balaban J connectivity index is 1.96. The molecule has 0 aliphatic heterocycles. The maximum atomic E-state index is 12.4. The summed E-state index contributed by atoms with van der Waals surface area (Å²) >= 11 is 6.30. The molecular weight excluding hydrogens is 352 g/mol. The molecule has 0 unspecified atom stereocenters. The van der Waals surface area contributed by atoms with Gasteiger partial charge in [0.15, 0.2) is 5.65 Å². The molecule has 0 radical (unpaired) electrons. The number of carbonyl (C=O) groups is 1. The molecular formula is C19H21ClN4O2. The van der Waals surface area contributed by atoms with Crippen LogP contribution in [0.4, 0.5) is 0 Å². The number of hydrogen-bond acceptors (Lipinski definition) is 4. The summed E-state index contributed by atoms with van der Waals surface area (Å²) in [6.07, 6.45) is 2.21. The fraction of sp³-hybridized carbons (Fsp3) is 0.316. The van der Waals surface area contributed by atoms with Crippen LogP contribution in [0.2, 0.25) is 5.02 Å². The van der Waals surface area contributed by atoms with Crippen LogP contribution in [0.15, 0.2) is 30.5 Å². The van der Waals surface area contributed by atoms with Gasteiger partial charge in [-0.3, -0.25) is 4.79 Å². The average Bonchev–Trinajstić information content (AvgIpc) is 3.04. The first-order valence-corrected chi connectivity index (χ1v) is 8.75. The van der Waals surface area contributed by atoms with Crippen molar-refractivity contribution >= 4 is 23.2 Å². The van der Waals surface area contributed by atoms with Crippen molar-refractivity contribution in [2.24, 2.45) is 0 Å². The number of aryl methyl sites for hydroxylation is 2. The summed E-state index contributed by atoms with van der Waals surface area (Å²) in [6, 6.07) is 7.76. The fourth-order valence-electron chi connectivity index (χ4n) is 2.92. The van der Waals surface area contributed by atoms with Gasteiger partial charge in [-0.25, -0.2) is 9.50 Å². The molecule has 1 aromatic carbocycles. The van der Waals surface area contributed by atoms with Crippen LogP contribution in [0.3, 0.4) is 0 Å². The number of fused-ring (bicyclic) bond motifs is 1. The summed E-state index contributed by atoms with van der Waals surface area (Å²) in [6.45, 7) is 4.82. The normalized spacial score (nSPS) is 11.1. The molecule has 0 saturated carbocycles. The molecule has 7 heteroatoms. The molecule has 0 fully saturated rings. The largest absolute Gasteiger partial charge is 0.383 e. The van der Waals surface area contributed by atoms with E-state index in [1.54, 1.807) is 17.8 Å². The molecule has 0 aliphatic carbocycles. The second kappa shape index (κ2) is 7.85. The Morgan fingerprint density at radius 2 is 2.08 bits per heavy atom. The molecule has 0 spiro atoms. The van der Waals surface area contributed by atoms with E-state index in [9.17, 15) is 4.79 Å². The molecule has 2 heterocycles. The van der Waals surface area contributed by atoms with E-state index in [0.29, 0.717) is 30.8 Å². The Bertz CT molecular complexity index is 952. The molecule has 3 aromatic rings. The van der Waals surface area contributed by atoms with Crippen LogP contribution in [0.5, 0.6) is 0 Å². The lowest BCUT2D eigenvalue weighted by Gasteiger charge is -2.12. The maximum Gasteiger partial charge on any atom is 0.256 e. The Morgan fingerprint density at radius 1 is 1.31 bits per heavy atom. The van der Waals surface area contributed by atoms with E-state index >= 15 is 0 Å². The standard InChI is InChI=1S/C19H21ClN4O2/c1-12-15(10-14-6-4-5-7-17(14)20)13(2)24-18(23-12)16(11-22-24)19(25)21-8-9-26-3/h4-7,11H,8-10H2,1-3H3,(H,21,25). The van der Waals surface area contributed by atoms with E-state index in [1.807, 2.05) is 38.1 Å². The van der Waals surface area contributed by atoms with Gasteiger partial charge in [0, 0.05) is 36.5 Å². The molecule has 3 rings (SSSR count). The lowest BCUT2D eigenvalue weighted by molar-refractivity contribution is 0.0938. The summed E-state index contributed by atoms with van der Waals surface area (Å²) < 4.78 is 6.67.